The zero-order valence-electron chi connectivity index (χ0n) is 14.2. The number of aryl methyl sites for hydroxylation is 1. The number of morpholine rings is 1. The van der Waals surface area contributed by atoms with Crippen LogP contribution in [0.4, 0.5) is 5.69 Å². The Bertz CT molecular complexity index is 907. The summed E-state index contributed by atoms with van der Waals surface area (Å²) in [6.45, 7) is 3.26. The highest BCUT2D eigenvalue weighted by atomic mass is 79.9. The molecule has 1 aromatic carbocycles. The van der Waals surface area contributed by atoms with Crippen molar-refractivity contribution < 1.29 is 17.9 Å². The maximum atomic E-state index is 12.5. The molecule has 1 saturated heterocycles. The molecule has 0 spiro atoms. The first-order valence-electron chi connectivity index (χ1n) is 8.02. The monoisotopic (exact) mass is 442 g/mol. The van der Waals surface area contributed by atoms with Crippen LogP contribution in [-0.4, -0.2) is 54.5 Å². The number of aromatic nitrogens is 2. The molecule has 0 atom stereocenters. The van der Waals surface area contributed by atoms with Gasteiger partial charge in [-0.05, 0) is 40.5 Å². The minimum Gasteiger partial charge on any atom is -0.379 e. The molecular formula is C16H19BrN4O4S. The Kier molecular flexibility index (Phi) is 5.76. The summed E-state index contributed by atoms with van der Waals surface area (Å²) in [4.78, 5) is 16.2. The van der Waals surface area contributed by atoms with Crippen LogP contribution in [0.5, 0.6) is 0 Å². The molecule has 1 amide bonds. The van der Waals surface area contributed by atoms with Gasteiger partial charge in [0, 0.05) is 23.8 Å². The van der Waals surface area contributed by atoms with Crippen molar-refractivity contribution >= 4 is 37.5 Å². The van der Waals surface area contributed by atoms with Gasteiger partial charge in [-0.25, -0.2) is 13.4 Å². The Morgan fingerprint density at radius 1 is 1.35 bits per heavy atom. The van der Waals surface area contributed by atoms with E-state index < -0.39 is 10.0 Å². The normalized spacial score (nSPS) is 15.8. The Labute approximate surface area is 160 Å². The first-order valence-corrected chi connectivity index (χ1v) is 10.3. The summed E-state index contributed by atoms with van der Waals surface area (Å²) in [7, 11) is -3.67. The third kappa shape index (κ3) is 4.32. The lowest BCUT2D eigenvalue weighted by molar-refractivity contribution is -0.116. The first-order chi connectivity index (χ1) is 12.4. The lowest BCUT2D eigenvalue weighted by Crippen LogP contribution is -2.40. The summed E-state index contributed by atoms with van der Waals surface area (Å²) in [6, 6.07) is 5.60. The predicted octanol–water partition coefficient (Wildman–Crippen LogP) is 1.61. The number of carbonyl (C=O) groups is 1. The number of imidazole rings is 1. The van der Waals surface area contributed by atoms with E-state index in [0.717, 1.165) is 10.0 Å². The number of hydrogen-bond donors (Lipinski definition) is 1. The van der Waals surface area contributed by atoms with Crippen LogP contribution in [-0.2, 0) is 26.1 Å². The van der Waals surface area contributed by atoms with Gasteiger partial charge in [0.05, 0.1) is 25.2 Å². The molecule has 0 unspecified atom stereocenters. The molecule has 1 aromatic heterocycles. The Morgan fingerprint density at radius 3 is 2.77 bits per heavy atom. The van der Waals surface area contributed by atoms with E-state index in [0.29, 0.717) is 32.0 Å². The number of hydrogen-bond acceptors (Lipinski definition) is 5. The molecular weight excluding hydrogens is 424 g/mol. The SMILES string of the molecule is Cc1ccc(NC(=O)Cn2cnc(S(=O)(=O)N3CCOCC3)c2)c(Br)c1. The van der Waals surface area contributed by atoms with E-state index >= 15 is 0 Å². The van der Waals surface area contributed by atoms with Crippen molar-refractivity contribution in [2.75, 3.05) is 31.6 Å². The molecule has 0 aliphatic carbocycles. The molecule has 2 heterocycles. The summed E-state index contributed by atoms with van der Waals surface area (Å²) < 4.78 is 33.8. The third-order valence-corrected chi connectivity index (χ3v) is 6.35. The first kappa shape index (κ1) is 19.0. The van der Waals surface area contributed by atoms with Gasteiger partial charge in [0.25, 0.3) is 10.0 Å². The number of nitrogens with zero attached hydrogens (tertiary/aromatic N) is 3. The largest absolute Gasteiger partial charge is 0.379 e. The van der Waals surface area contributed by atoms with Crippen molar-refractivity contribution in [1.29, 1.82) is 0 Å². The molecule has 0 bridgehead atoms. The second-order valence-corrected chi connectivity index (χ2v) is 8.67. The van der Waals surface area contributed by atoms with Crippen molar-refractivity contribution in [2.45, 2.75) is 18.5 Å². The van der Waals surface area contributed by atoms with Crippen molar-refractivity contribution in [2.24, 2.45) is 0 Å². The van der Waals surface area contributed by atoms with Crippen molar-refractivity contribution in [3.8, 4) is 0 Å². The molecule has 8 nitrogen and oxygen atoms in total. The van der Waals surface area contributed by atoms with E-state index in [2.05, 4.69) is 26.2 Å². The van der Waals surface area contributed by atoms with E-state index in [1.807, 2.05) is 19.1 Å². The van der Waals surface area contributed by atoms with Gasteiger partial charge in [0.1, 0.15) is 6.54 Å². The maximum absolute atomic E-state index is 12.5. The highest BCUT2D eigenvalue weighted by molar-refractivity contribution is 9.10. The summed E-state index contributed by atoms with van der Waals surface area (Å²) in [5.41, 5.74) is 1.73. The summed E-state index contributed by atoms with van der Waals surface area (Å²) in [6.07, 6.45) is 2.71. The van der Waals surface area contributed by atoms with Gasteiger partial charge in [-0.15, -0.1) is 0 Å². The minimum absolute atomic E-state index is 0.0358. The lowest BCUT2D eigenvalue weighted by Gasteiger charge is -2.24. The quantitative estimate of drug-likeness (QED) is 0.758. The Morgan fingerprint density at radius 2 is 2.08 bits per heavy atom. The summed E-state index contributed by atoms with van der Waals surface area (Å²) >= 11 is 3.41. The molecule has 1 fully saturated rings. The third-order valence-electron chi connectivity index (χ3n) is 3.91. The topological polar surface area (TPSA) is 93.5 Å². The number of sulfonamides is 1. The molecule has 3 rings (SSSR count). The number of amides is 1. The van der Waals surface area contributed by atoms with E-state index in [1.165, 1.54) is 21.4 Å². The van der Waals surface area contributed by atoms with Gasteiger partial charge < -0.3 is 14.6 Å². The minimum atomic E-state index is -3.67. The number of nitrogens with one attached hydrogen (secondary N) is 1. The number of rotatable bonds is 5. The molecule has 1 aliphatic rings. The predicted molar refractivity (Wildman–Crippen MR) is 99.3 cm³/mol. The molecule has 10 heteroatoms. The highest BCUT2D eigenvalue weighted by Gasteiger charge is 2.28. The molecule has 26 heavy (non-hydrogen) atoms. The highest BCUT2D eigenvalue weighted by Crippen LogP contribution is 2.23. The van der Waals surface area contributed by atoms with Gasteiger partial charge in [0.15, 0.2) is 5.03 Å². The van der Waals surface area contributed by atoms with E-state index in [4.69, 9.17) is 4.74 Å². The fourth-order valence-corrected chi connectivity index (χ4v) is 4.49. The molecule has 140 valence electrons. The zero-order chi connectivity index (χ0) is 18.7. The smallest absolute Gasteiger partial charge is 0.262 e. The van der Waals surface area contributed by atoms with Gasteiger partial charge >= 0.3 is 0 Å². The summed E-state index contributed by atoms with van der Waals surface area (Å²) in [5.74, 6) is -0.276. The Balaban J connectivity index is 1.67. The van der Waals surface area contributed by atoms with Crippen LogP contribution in [0.2, 0.25) is 0 Å². The number of anilines is 1. The second kappa shape index (κ2) is 7.87. The maximum Gasteiger partial charge on any atom is 0.262 e. The van der Waals surface area contributed by atoms with Crippen LogP contribution < -0.4 is 5.32 Å². The average molecular weight is 443 g/mol. The van der Waals surface area contributed by atoms with Crippen LogP contribution in [0.25, 0.3) is 0 Å². The van der Waals surface area contributed by atoms with Crippen LogP contribution >= 0.6 is 15.9 Å². The van der Waals surface area contributed by atoms with E-state index in [-0.39, 0.29) is 17.5 Å². The van der Waals surface area contributed by atoms with Crippen molar-refractivity contribution in [3.63, 3.8) is 0 Å². The van der Waals surface area contributed by atoms with Gasteiger partial charge in [-0.1, -0.05) is 6.07 Å². The average Bonchev–Trinajstić information content (AvgIpc) is 3.07. The van der Waals surface area contributed by atoms with Crippen LogP contribution in [0.3, 0.4) is 0 Å². The molecule has 0 radical (unpaired) electrons. The van der Waals surface area contributed by atoms with Gasteiger partial charge in [0.2, 0.25) is 5.91 Å². The Hall–Kier alpha value is -1.75. The molecule has 1 aliphatic heterocycles. The van der Waals surface area contributed by atoms with Gasteiger partial charge in [-0.3, -0.25) is 4.79 Å². The fourth-order valence-electron chi connectivity index (χ4n) is 2.56. The van der Waals surface area contributed by atoms with Crippen LogP contribution in [0.1, 0.15) is 5.56 Å². The molecule has 1 N–H and O–H groups in total. The van der Waals surface area contributed by atoms with Crippen LogP contribution in [0, 0.1) is 6.92 Å². The van der Waals surface area contributed by atoms with E-state index in [9.17, 15) is 13.2 Å². The molecule has 0 saturated carbocycles. The number of carbonyl (C=O) groups excluding carboxylic acids is 1. The number of halogens is 1. The number of benzene rings is 1. The standard InChI is InChI=1S/C16H19BrN4O4S/c1-12-2-3-14(13(17)8-12)19-15(22)9-20-10-16(18-11-20)26(23,24)21-4-6-25-7-5-21/h2-3,8,10-11H,4-7,9H2,1H3,(H,19,22). The second-order valence-electron chi connectivity index (χ2n) is 5.93. The lowest BCUT2D eigenvalue weighted by atomic mass is 10.2. The fraction of sp³-hybridized carbons (Fsp3) is 0.375. The summed E-state index contributed by atoms with van der Waals surface area (Å²) in [5, 5.41) is 2.72. The zero-order valence-corrected chi connectivity index (χ0v) is 16.6. The van der Waals surface area contributed by atoms with Gasteiger partial charge in [-0.2, -0.15) is 4.31 Å². The van der Waals surface area contributed by atoms with Crippen LogP contribution in [0.15, 0.2) is 40.2 Å². The van der Waals surface area contributed by atoms with Crippen molar-refractivity contribution in [3.05, 3.63) is 40.8 Å². The number of ether oxygens (including phenoxy) is 1. The van der Waals surface area contributed by atoms with Crippen molar-refractivity contribution in [1.82, 2.24) is 13.9 Å². The molecule has 2 aromatic rings. The van der Waals surface area contributed by atoms with E-state index in [1.54, 1.807) is 6.07 Å².